The van der Waals surface area contributed by atoms with Crippen LogP contribution in [-0.4, -0.2) is 29.7 Å². The Bertz CT molecular complexity index is 963. The lowest BCUT2D eigenvalue weighted by molar-refractivity contribution is -0.143. The number of rotatable bonds is 7. The van der Waals surface area contributed by atoms with Crippen LogP contribution in [0.15, 0.2) is 72.9 Å². The second kappa shape index (κ2) is 8.75. The zero-order valence-electron chi connectivity index (χ0n) is 16.2. The molecule has 2 aromatic carbocycles. The molecular weight excluding hydrogens is 368 g/mol. The number of hydrogen-bond donors (Lipinski definition) is 0. The summed E-state index contributed by atoms with van der Waals surface area (Å²) in [4.78, 5) is 19.6. The van der Waals surface area contributed by atoms with Crippen LogP contribution in [0, 0.1) is 0 Å². The lowest BCUT2D eigenvalue weighted by Gasteiger charge is -2.27. The number of aromatic nitrogens is 1. The quantitative estimate of drug-likeness (QED) is 0.615. The molecule has 1 atom stereocenters. The lowest BCUT2D eigenvalue weighted by Crippen LogP contribution is -2.35. The Morgan fingerprint density at radius 2 is 1.83 bits per heavy atom. The standard InChI is InChI=1S/C23H22N2O4/c1-27-22(18-7-3-2-4-8-18)23(26)25(15-19-9-5-6-12-24-19)14-17-10-11-20-21(13-17)29-16-28-20/h2-13,22H,14-16H2,1H3/t22-/m0/s1. The Balaban J connectivity index is 1.61. The monoisotopic (exact) mass is 390 g/mol. The van der Waals surface area contributed by atoms with Crippen molar-refractivity contribution in [2.24, 2.45) is 0 Å². The van der Waals surface area contributed by atoms with Gasteiger partial charge in [-0.25, -0.2) is 0 Å². The minimum Gasteiger partial charge on any atom is -0.454 e. The molecule has 4 rings (SSSR count). The van der Waals surface area contributed by atoms with Crippen molar-refractivity contribution in [2.45, 2.75) is 19.2 Å². The van der Waals surface area contributed by atoms with Crippen molar-refractivity contribution in [1.29, 1.82) is 0 Å². The number of hydrogen-bond acceptors (Lipinski definition) is 5. The molecule has 2 heterocycles. The first-order chi connectivity index (χ1) is 14.2. The fourth-order valence-corrected chi connectivity index (χ4v) is 3.33. The number of nitrogens with zero attached hydrogens (tertiary/aromatic N) is 2. The van der Waals surface area contributed by atoms with Gasteiger partial charge in [0, 0.05) is 19.9 Å². The maximum absolute atomic E-state index is 13.4. The summed E-state index contributed by atoms with van der Waals surface area (Å²) in [5.41, 5.74) is 2.57. The Labute approximate surface area is 169 Å². The van der Waals surface area contributed by atoms with Crippen LogP contribution in [0.2, 0.25) is 0 Å². The molecule has 6 nitrogen and oxygen atoms in total. The van der Waals surface area contributed by atoms with Crippen molar-refractivity contribution in [3.8, 4) is 11.5 Å². The predicted octanol–water partition coefficient (Wildman–Crippen LogP) is 3.73. The number of pyridine rings is 1. The smallest absolute Gasteiger partial charge is 0.256 e. The summed E-state index contributed by atoms with van der Waals surface area (Å²) < 4.78 is 16.4. The minimum atomic E-state index is -0.686. The zero-order chi connectivity index (χ0) is 20.1. The molecule has 1 aliphatic heterocycles. The number of carbonyl (C=O) groups is 1. The van der Waals surface area contributed by atoms with Gasteiger partial charge >= 0.3 is 0 Å². The molecule has 0 saturated carbocycles. The highest BCUT2D eigenvalue weighted by Gasteiger charge is 2.27. The van der Waals surface area contributed by atoms with E-state index in [1.54, 1.807) is 18.2 Å². The third-order valence-electron chi connectivity index (χ3n) is 4.76. The summed E-state index contributed by atoms with van der Waals surface area (Å²) in [5.74, 6) is 1.29. The van der Waals surface area contributed by atoms with Gasteiger partial charge < -0.3 is 19.1 Å². The normalized spacial score (nSPS) is 13.1. The van der Waals surface area contributed by atoms with Gasteiger partial charge in [-0.2, -0.15) is 0 Å². The number of methoxy groups -OCH3 is 1. The van der Waals surface area contributed by atoms with Crippen molar-refractivity contribution >= 4 is 5.91 Å². The Morgan fingerprint density at radius 1 is 1.03 bits per heavy atom. The largest absolute Gasteiger partial charge is 0.454 e. The molecule has 1 amide bonds. The topological polar surface area (TPSA) is 60.9 Å². The van der Waals surface area contributed by atoms with Crippen LogP contribution < -0.4 is 9.47 Å². The summed E-state index contributed by atoms with van der Waals surface area (Å²) in [6, 6.07) is 20.9. The zero-order valence-corrected chi connectivity index (χ0v) is 16.2. The van der Waals surface area contributed by atoms with E-state index in [4.69, 9.17) is 14.2 Å². The summed E-state index contributed by atoms with van der Waals surface area (Å²) >= 11 is 0. The third kappa shape index (κ3) is 4.38. The van der Waals surface area contributed by atoms with Gasteiger partial charge in [0.2, 0.25) is 6.79 Å². The van der Waals surface area contributed by atoms with E-state index in [1.807, 2.05) is 66.7 Å². The number of ether oxygens (including phenoxy) is 3. The molecule has 0 spiro atoms. The van der Waals surface area contributed by atoms with E-state index in [1.165, 1.54) is 0 Å². The first-order valence-corrected chi connectivity index (χ1v) is 9.39. The van der Waals surface area contributed by atoms with Crippen LogP contribution in [0.1, 0.15) is 22.9 Å². The number of fused-ring (bicyclic) bond motifs is 1. The van der Waals surface area contributed by atoms with Gasteiger partial charge in [0.05, 0.1) is 12.2 Å². The van der Waals surface area contributed by atoms with Crippen molar-refractivity contribution in [2.75, 3.05) is 13.9 Å². The minimum absolute atomic E-state index is 0.123. The summed E-state index contributed by atoms with van der Waals surface area (Å²) in [6.07, 6.45) is 1.04. The molecule has 0 bridgehead atoms. The Morgan fingerprint density at radius 3 is 2.59 bits per heavy atom. The van der Waals surface area contributed by atoms with Gasteiger partial charge in [-0.15, -0.1) is 0 Å². The molecule has 3 aromatic rings. The highest BCUT2D eigenvalue weighted by molar-refractivity contribution is 5.82. The average molecular weight is 390 g/mol. The highest BCUT2D eigenvalue weighted by atomic mass is 16.7. The third-order valence-corrected chi connectivity index (χ3v) is 4.76. The molecule has 6 heteroatoms. The molecule has 0 unspecified atom stereocenters. The SMILES string of the molecule is CO[C@H](C(=O)N(Cc1ccc2c(c1)OCO2)Cc1ccccn1)c1ccccc1. The summed E-state index contributed by atoms with van der Waals surface area (Å²) in [6.45, 7) is 0.995. The van der Waals surface area contributed by atoms with Gasteiger partial charge in [0.1, 0.15) is 0 Å². The van der Waals surface area contributed by atoms with Crippen LogP contribution in [0.5, 0.6) is 11.5 Å². The van der Waals surface area contributed by atoms with Crippen molar-refractivity contribution in [3.63, 3.8) is 0 Å². The van der Waals surface area contributed by atoms with Gasteiger partial charge in [-0.05, 0) is 35.4 Å². The lowest BCUT2D eigenvalue weighted by atomic mass is 10.1. The predicted molar refractivity (Wildman–Crippen MR) is 107 cm³/mol. The van der Waals surface area contributed by atoms with Gasteiger partial charge in [0.25, 0.3) is 5.91 Å². The van der Waals surface area contributed by atoms with E-state index in [0.29, 0.717) is 18.8 Å². The summed E-state index contributed by atoms with van der Waals surface area (Å²) in [7, 11) is 1.55. The van der Waals surface area contributed by atoms with E-state index in [0.717, 1.165) is 22.6 Å². The molecule has 1 aromatic heterocycles. The average Bonchev–Trinajstić information content (AvgIpc) is 3.23. The van der Waals surface area contributed by atoms with Gasteiger partial charge in [-0.3, -0.25) is 9.78 Å². The molecule has 0 N–H and O–H groups in total. The second-order valence-corrected chi connectivity index (χ2v) is 6.73. The van der Waals surface area contributed by atoms with Crippen LogP contribution in [0.4, 0.5) is 0 Å². The molecule has 0 radical (unpaired) electrons. The number of amides is 1. The molecule has 0 aliphatic carbocycles. The fraction of sp³-hybridized carbons (Fsp3) is 0.217. The fourth-order valence-electron chi connectivity index (χ4n) is 3.33. The van der Waals surface area contributed by atoms with Crippen LogP contribution in [-0.2, 0) is 22.6 Å². The summed E-state index contributed by atoms with van der Waals surface area (Å²) in [5, 5.41) is 0. The van der Waals surface area contributed by atoms with E-state index < -0.39 is 6.10 Å². The molecule has 0 saturated heterocycles. The highest BCUT2D eigenvalue weighted by Crippen LogP contribution is 2.33. The first-order valence-electron chi connectivity index (χ1n) is 9.39. The maximum Gasteiger partial charge on any atom is 0.256 e. The van der Waals surface area contributed by atoms with Crippen molar-refractivity contribution in [3.05, 3.63) is 89.7 Å². The molecular formula is C23H22N2O4. The van der Waals surface area contributed by atoms with Crippen molar-refractivity contribution in [1.82, 2.24) is 9.88 Å². The molecule has 148 valence electrons. The van der Waals surface area contributed by atoms with E-state index in [2.05, 4.69) is 4.98 Å². The first kappa shape index (κ1) is 19.0. The van der Waals surface area contributed by atoms with E-state index in [9.17, 15) is 4.79 Å². The van der Waals surface area contributed by atoms with Crippen LogP contribution in [0.25, 0.3) is 0 Å². The second-order valence-electron chi connectivity index (χ2n) is 6.73. The van der Waals surface area contributed by atoms with Gasteiger partial charge in [-0.1, -0.05) is 42.5 Å². The van der Waals surface area contributed by atoms with E-state index >= 15 is 0 Å². The van der Waals surface area contributed by atoms with Crippen molar-refractivity contribution < 1.29 is 19.0 Å². The number of carbonyl (C=O) groups excluding carboxylic acids is 1. The van der Waals surface area contributed by atoms with Gasteiger partial charge in [0.15, 0.2) is 17.6 Å². The Hall–Kier alpha value is -3.38. The van der Waals surface area contributed by atoms with Crippen LogP contribution in [0.3, 0.4) is 0 Å². The molecule has 0 fully saturated rings. The maximum atomic E-state index is 13.4. The Kier molecular flexibility index (Phi) is 5.72. The molecule has 1 aliphatic rings. The van der Waals surface area contributed by atoms with Crippen LogP contribution >= 0.6 is 0 Å². The molecule has 29 heavy (non-hydrogen) atoms. The van der Waals surface area contributed by atoms with E-state index in [-0.39, 0.29) is 12.7 Å². The number of benzene rings is 2.